The zero-order valence-corrected chi connectivity index (χ0v) is 12.9. The van der Waals surface area contributed by atoms with E-state index >= 15 is 0 Å². The number of halogens is 2. The number of anilines is 2. The van der Waals surface area contributed by atoms with E-state index in [4.69, 9.17) is 10.5 Å². The zero-order valence-electron chi connectivity index (χ0n) is 12.9. The minimum absolute atomic E-state index is 0.0420. The maximum Gasteiger partial charge on any atom is 0.222 e. The van der Waals surface area contributed by atoms with Crippen molar-refractivity contribution in [3.8, 4) is 11.5 Å². The minimum Gasteiger partial charge on any atom is -0.449 e. The van der Waals surface area contributed by atoms with Gasteiger partial charge < -0.3 is 20.9 Å². The van der Waals surface area contributed by atoms with Gasteiger partial charge in [0.1, 0.15) is 0 Å². The van der Waals surface area contributed by atoms with E-state index in [0.29, 0.717) is 18.7 Å². The van der Waals surface area contributed by atoms with Crippen LogP contribution in [0.25, 0.3) is 0 Å². The molecule has 1 aliphatic carbocycles. The first-order chi connectivity index (χ1) is 11.5. The molecule has 0 unspecified atom stereocenters. The van der Waals surface area contributed by atoms with E-state index in [1.807, 2.05) is 0 Å². The second kappa shape index (κ2) is 6.96. The van der Waals surface area contributed by atoms with Gasteiger partial charge >= 0.3 is 0 Å². The number of nitrogens with zero attached hydrogens (tertiary/aromatic N) is 2. The molecule has 0 atom stereocenters. The molecular weight excluding hydrogens is 318 g/mol. The second-order valence-electron chi connectivity index (χ2n) is 5.74. The van der Waals surface area contributed by atoms with E-state index in [-0.39, 0.29) is 29.6 Å². The van der Waals surface area contributed by atoms with E-state index in [1.165, 1.54) is 18.3 Å². The van der Waals surface area contributed by atoms with Crippen molar-refractivity contribution in [3.05, 3.63) is 36.0 Å². The molecule has 3 rings (SSSR count). The monoisotopic (exact) mass is 336 g/mol. The highest BCUT2D eigenvalue weighted by Crippen LogP contribution is 2.32. The Labute approximate surface area is 137 Å². The Morgan fingerprint density at radius 1 is 1.17 bits per heavy atom. The third-order valence-corrected chi connectivity index (χ3v) is 3.95. The first-order valence-electron chi connectivity index (χ1n) is 7.72. The van der Waals surface area contributed by atoms with Crippen molar-refractivity contribution in [1.82, 2.24) is 9.97 Å². The molecule has 0 spiro atoms. The molecule has 6 nitrogen and oxygen atoms in total. The van der Waals surface area contributed by atoms with Crippen LogP contribution in [0.2, 0.25) is 0 Å². The molecule has 0 bridgehead atoms. The summed E-state index contributed by atoms with van der Waals surface area (Å²) in [5, 5.41) is 12.7. The SMILES string of the molecule is Nc1ncc(Oc2cccc(F)c2F)c(N[C@H]2CC[C@H](O)CC2)n1. The van der Waals surface area contributed by atoms with Crippen LogP contribution >= 0.6 is 0 Å². The molecule has 0 saturated heterocycles. The van der Waals surface area contributed by atoms with E-state index in [0.717, 1.165) is 18.9 Å². The second-order valence-corrected chi connectivity index (χ2v) is 5.74. The van der Waals surface area contributed by atoms with Crippen LogP contribution in [-0.2, 0) is 0 Å². The molecule has 0 radical (unpaired) electrons. The van der Waals surface area contributed by atoms with Crippen molar-refractivity contribution in [2.45, 2.75) is 37.8 Å². The molecule has 4 N–H and O–H groups in total. The van der Waals surface area contributed by atoms with Gasteiger partial charge in [-0.1, -0.05) is 6.07 Å². The Morgan fingerprint density at radius 2 is 1.92 bits per heavy atom. The van der Waals surface area contributed by atoms with Gasteiger partial charge in [0.2, 0.25) is 11.8 Å². The maximum absolute atomic E-state index is 13.8. The van der Waals surface area contributed by atoms with Crippen molar-refractivity contribution in [2.75, 3.05) is 11.1 Å². The molecule has 128 valence electrons. The van der Waals surface area contributed by atoms with E-state index in [2.05, 4.69) is 15.3 Å². The lowest BCUT2D eigenvalue weighted by molar-refractivity contribution is 0.126. The average Bonchev–Trinajstić information content (AvgIpc) is 2.56. The van der Waals surface area contributed by atoms with Crippen LogP contribution in [0, 0.1) is 11.6 Å². The Morgan fingerprint density at radius 3 is 2.67 bits per heavy atom. The van der Waals surface area contributed by atoms with E-state index in [1.54, 1.807) is 0 Å². The van der Waals surface area contributed by atoms with Crippen LogP contribution in [-0.4, -0.2) is 27.2 Å². The van der Waals surface area contributed by atoms with Crippen LogP contribution in [0.3, 0.4) is 0 Å². The number of benzene rings is 1. The number of rotatable bonds is 4. The smallest absolute Gasteiger partial charge is 0.222 e. The summed E-state index contributed by atoms with van der Waals surface area (Å²) in [6, 6.07) is 3.76. The van der Waals surface area contributed by atoms with Crippen molar-refractivity contribution in [2.24, 2.45) is 0 Å². The number of aliphatic hydroxyl groups is 1. The Bertz CT molecular complexity index is 721. The lowest BCUT2D eigenvalue weighted by atomic mass is 9.93. The summed E-state index contributed by atoms with van der Waals surface area (Å²) in [5.74, 6) is -1.83. The lowest BCUT2D eigenvalue weighted by Gasteiger charge is -2.27. The number of ether oxygens (including phenoxy) is 1. The zero-order chi connectivity index (χ0) is 17.1. The van der Waals surface area contributed by atoms with Crippen LogP contribution in [0.4, 0.5) is 20.5 Å². The third-order valence-electron chi connectivity index (χ3n) is 3.95. The van der Waals surface area contributed by atoms with Crippen LogP contribution in [0.1, 0.15) is 25.7 Å². The maximum atomic E-state index is 13.8. The molecule has 1 saturated carbocycles. The number of hydrogen-bond acceptors (Lipinski definition) is 6. The van der Waals surface area contributed by atoms with E-state index in [9.17, 15) is 13.9 Å². The lowest BCUT2D eigenvalue weighted by Crippen LogP contribution is -2.28. The number of nitrogen functional groups attached to an aromatic ring is 1. The molecule has 0 amide bonds. The van der Waals surface area contributed by atoms with Crippen molar-refractivity contribution < 1.29 is 18.6 Å². The van der Waals surface area contributed by atoms with Gasteiger partial charge in [-0.3, -0.25) is 0 Å². The van der Waals surface area contributed by atoms with Gasteiger partial charge in [0.25, 0.3) is 0 Å². The average molecular weight is 336 g/mol. The molecular formula is C16H18F2N4O2. The molecule has 1 aromatic heterocycles. The number of aliphatic hydroxyl groups excluding tert-OH is 1. The molecule has 1 aromatic carbocycles. The minimum atomic E-state index is -1.08. The Hall–Kier alpha value is -2.48. The number of nitrogens with two attached hydrogens (primary N) is 1. The summed E-state index contributed by atoms with van der Waals surface area (Å²) < 4.78 is 32.5. The fourth-order valence-electron chi connectivity index (χ4n) is 2.66. The fraction of sp³-hybridized carbons (Fsp3) is 0.375. The molecule has 24 heavy (non-hydrogen) atoms. The standard InChI is InChI=1S/C16H18F2N4O2/c17-11-2-1-3-12(14(11)18)24-13-8-20-16(19)22-15(13)21-9-4-6-10(23)7-5-9/h1-3,8-10,23H,4-7H2,(H3,19,20,21,22)/t9-,10-. The highest BCUT2D eigenvalue weighted by molar-refractivity contribution is 5.53. The molecule has 8 heteroatoms. The van der Waals surface area contributed by atoms with Gasteiger partial charge in [0.05, 0.1) is 12.3 Å². The summed E-state index contributed by atoms with van der Waals surface area (Å²) in [6.07, 6.45) is 3.93. The molecule has 0 aliphatic heterocycles. The summed E-state index contributed by atoms with van der Waals surface area (Å²) in [7, 11) is 0. The number of aromatic nitrogens is 2. The first-order valence-corrected chi connectivity index (χ1v) is 7.72. The van der Waals surface area contributed by atoms with E-state index < -0.39 is 11.6 Å². The van der Waals surface area contributed by atoms with Gasteiger partial charge in [-0.2, -0.15) is 9.37 Å². The summed E-state index contributed by atoms with van der Waals surface area (Å²) in [5.41, 5.74) is 5.61. The quantitative estimate of drug-likeness (QED) is 0.795. The van der Waals surface area contributed by atoms with Crippen molar-refractivity contribution in [3.63, 3.8) is 0 Å². The topological polar surface area (TPSA) is 93.3 Å². The Balaban J connectivity index is 1.81. The highest BCUT2D eigenvalue weighted by atomic mass is 19.2. The van der Waals surface area contributed by atoms with Crippen LogP contribution in [0.5, 0.6) is 11.5 Å². The third kappa shape index (κ3) is 3.70. The first kappa shape index (κ1) is 16.4. The number of nitrogens with one attached hydrogen (secondary N) is 1. The molecule has 2 aromatic rings. The van der Waals surface area contributed by atoms with Crippen molar-refractivity contribution in [1.29, 1.82) is 0 Å². The molecule has 1 fully saturated rings. The van der Waals surface area contributed by atoms with Gasteiger partial charge in [-0.05, 0) is 37.8 Å². The predicted molar refractivity (Wildman–Crippen MR) is 84.8 cm³/mol. The fourth-order valence-corrected chi connectivity index (χ4v) is 2.66. The largest absolute Gasteiger partial charge is 0.449 e. The van der Waals surface area contributed by atoms with Gasteiger partial charge in [-0.15, -0.1) is 0 Å². The summed E-state index contributed by atoms with van der Waals surface area (Å²) in [4.78, 5) is 7.93. The van der Waals surface area contributed by atoms with Crippen LogP contribution in [0.15, 0.2) is 24.4 Å². The predicted octanol–water partition coefficient (Wildman–Crippen LogP) is 2.84. The normalized spacial score (nSPS) is 20.6. The van der Waals surface area contributed by atoms with Gasteiger partial charge in [0, 0.05) is 6.04 Å². The Kier molecular flexibility index (Phi) is 4.75. The highest BCUT2D eigenvalue weighted by Gasteiger charge is 2.22. The van der Waals surface area contributed by atoms with Crippen LogP contribution < -0.4 is 15.8 Å². The van der Waals surface area contributed by atoms with Crippen molar-refractivity contribution >= 4 is 11.8 Å². The van der Waals surface area contributed by atoms with Gasteiger partial charge in [-0.25, -0.2) is 9.37 Å². The summed E-state index contributed by atoms with van der Waals surface area (Å²) >= 11 is 0. The number of hydrogen-bond donors (Lipinski definition) is 3. The summed E-state index contributed by atoms with van der Waals surface area (Å²) in [6.45, 7) is 0. The molecule has 1 aliphatic rings. The van der Waals surface area contributed by atoms with Gasteiger partial charge in [0.15, 0.2) is 23.1 Å². The molecule has 1 heterocycles.